The molecular weight excluding hydrogens is 254 g/mol. The first-order valence-electron chi connectivity index (χ1n) is 6.26. The average molecular weight is 267 g/mol. The Bertz CT molecular complexity index is 734. The summed E-state index contributed by atoms with van der Waals surface area (Å²) >= 11 is 0. The number of hydrogen-bond donors (Lipinski definition) is 0. The van der Waals surface area contributed by atoms with Crippen molar-refractivity contribution in [3.05, 3.63) is 66.1 Å². The van der Waals surface area contributed by atoms with Crippen LogP contribution < -0.4 is 0 Å². The van der Waals surface area contributed by atoms with Crippen molar-refractivity contribution in [2.24, 2.45) is 0 Å². The first kappa shape index (κ1) is 12.4. The third-order valence-electron chi connectivity index (χ3n) is 3.27. The van der Waals surface area contributed by atoms with Crippen LogP contribution in [-0.4, -0.2) is 18.1 Å². The molecule has 1 heterocycles. The topological polar surface area (TPSA) is 52.3 Å². The van der Waals surface area contributed by atoms with Gasteiger partial charge in [-0.3, -0.25) is 4.79 Å². The first-order chi connectivity index (χ1) is 9.81. The molecular formula is C16H13NO3. The number of esters is 1. The molecule has 1 atom stereocenters. The number of carbonyl (C=O) groups excluding carboxylic acids is 1. The fraction of sp³-hybridized carbons (Fsp3) is 0.125. The Labute approximate surface area is 116 Å². The van der Waals surface area contributed by atoms with E-state index in [1.165, 1.54) is 13.5 Å². The van der Waals surface area contributed by atoms with Crippen LogP contribution in [0.4, 0.5) is 0 Å². The summed E-state index contributed by atoms with van der Waals surface area (Å²) in [4.78, 5) is 16.4. The van der Waals surface area contributed by atoms with Crippen molar-refractivity contribution in [2.75, 3.05) is 7.11 Å². The number of oxazole rings is 1. The molecule has 0 fully saturated rings. The quantitative estimate of drug-likeness (QED) is 0.684. The van der Waals surface area contributed by atoms with E-state index >= 15 is 0 Å². The molecule has 0 N–H and O–H groups in total. The second-order valence-electron chi connectivity index (χ2n) is 4.41. The minimum absolute atomic E-state index is 0.313. The molecule has 0 saturated heterocycles. The second-order valence-corrected chi connectivity index (χ2v) is 4.41. The van der Waals surface area contributed by atoms with Gasteiger partial charge in [-0.05, 0) is 11.6 Å². The Balaban J connectivity index is 2.20. The standard InChI is InChI=1S/C16H13NO3/c1-19-16(18)14(11-6-3-2-4-7-11)12-8-5-9-13-15(12)17-10-20-13/h2-10,14H,1H3. The summed E-state index contributed by atoms with van der Waals surface area (Å²) in [5.74, 6) is -0.818. The number of rotatable bonds is 3. The highest BCUT2D eigenvalue weighted by molar-refractivity contribution is 5.88. The number of aromatic nitrogens is 1. The third kappa shape index (κ3) is 2.05. The van der Waals surface area contributed by atoms with E-state index in [0.29, 0.717) is 11.1 Å². The summed E-state index contributed by atoms with van der Waals surface area (Å²) in [6, 6.07) is 15.1. The number of carbonyl (C=O) groups is 1. The molecule has 2 aromatic carbocycles. The monoisotopic (exact) mass is 267 g/mol. The maximum atomic E-state index is 12.2. The summed E-state index contributed by atoms with van der Waals surface area (Å²) in [7, 11) is 1.39. The average Bonchev–Trinajstić information content (AvgIpc) is 2.98. The molecule has 100 valence electrons. The lowest BCUT2D eigenvalue weighted by Crippen LogP contribution is -2.16. The van der Waals surface area contributed by atoms with E-state index in [1.54, 1.807) is 0 Å². The molecule has 0 amide bonds. The number of nitrogens with zero attached hydrogens (tertiary/aromatic N) is 1. The van der Waals surface area contributed by atoms with Crippen molar-refractivity contribution in [2.45, 2.75) is 5.92 Å². The highest BCUT2D eigenvalue weighted by Gasteiger charge is 2.26. The molecule has 0 spiro atoms. The number of benzene rings is 2. The van der Waals surface area contributed by atoms with Crippen molar-refractivity contribution in [3.8, 4) is 0 Å². The minimum Gasteiger partial charge on any atom is -0.468 e. The van der Waals surface area contributed by atoms with Gasteiger partial charge in [0.15, 0.2) is 12.0 Å². The number of para-hydroxylation sites is 1. The van der Waals surface area contributed by atoms with Gasteiger partial charge in [0.1, 0.15) is 11.4 Å². The Kier molecular flexibility index (Phi) is 3.21. The van der Waals surface area contributed by atoms with Gasteiger partial charge in [-0.1, -0.05) is 42.5 Å². The van der Waals surface area contributed by atoms with Crippen LogP contribution in [0.1, 0.15) is 17.0 Å². The Morgan fingerprint density at radius 3 is 2.70 bits per heavy atom. The fourth-order valence-corrected chi connectivity index (χ4v) is 2.35. The van der Waals surface area contributed by atoms with Gasteiger partial charge < -0.3 is 9.15 Å². The predicted octanol–water partition coefficient (Wildman–Crippen LogP) is 3.13. The maximum absolute atomic E-state index is 12.2. The molecule has 3 rings (SSSR count). The van der Waals surface area contributed by atoms with E-state index < -0.39 is 5.92 Å². The maximum Gasteiger partial charge on any atom is 0.317 e. The largest absolute Gasteiger partial charge is 0.468 e. The van der Waals surface area contributed by atoms with Crippen molar-refractivity contribution < 1.29 is 13.9 Å². The van der Waals surface area contributed by atoms with E-state index in [9.17, 15) is 4.79 Å². The molecule has 0 radical (unpaired) electrons. The molecule has 4 nitrogen and oxygen atoms in total. The smallest absolute Gasteiger partial charge is 0.317 e. The molecule has 0 aliphatic carbocycles. The van der Waals surface area contributed by atoms with Crippen molar-refractivity contribution in [1.82, 2.24) is 4.98 Å². The van der Waals surface area contributed by atoms with Gasteiger partial charge in [-0.15, -0.1) is 0 Å². The van der Waals surface area contributed by atoms with Crippen molar-refractivity contribution >= 4 is 17.1 Å². The van der Waals surface area contributed by atoms with Gasteiger partial charge in [-0.25, -0.2) is 4.98 Å². The highest BCUT2D eigenvalue weighted by atomic mass is 16.5. The fourth-order valence-electron chi connectivity index (χ4n) is 2.35. The zero-order valence-electron chi connectivity index (χ0n) is 10.9. The molecule has 1 aromatic heterocycles. The zero-order chi connectivity index (χ0) is 13.9. The van der Waals surface area contributed by atoms with E-state index in [4.69, 9.17) is 9.15 Å². The summed E-state index contributed by atoms with van der Waals surface area (Å²) in [5, 5.41) is 0. The lowest BCUT2D eigenvalue weighted by molar-refractivity contribution is -0.141. The summed E-state index contributed by atoms with van der Waals surface area (Å²) in [6.07, 6.45) is 1.38. The Hall–Kier alpha value is -2.62. The molecule has 0 aliphatic heterocycles. The van der Waals surface area contributed by atoms with Crippen LogP contribution in [0.5, 0.6) is 0 Å². The number of ether oxygens (including phenoxy) is 1. The van der Waals surface area contributed by atoms with Gasteiger partial charge in [0.2, 0.25) is 0 Å². The molecule has 3 aromatic rings. The van der Waals surface area contributed by atoms with Gasteiger partial charge in [0.25, 0.3) is 0 Å². The molecule has 1 unspecified atom stereocenters. The van der Waals surface area contributed by atoms with Gasteiger partial charge >= 0.3 is 5.97 Å². The van der Waals surface area contributed by atoms with Gasteiger partial charge in [0.05, 0.1) is 7.11 Å². The van der Waals surface area contributed by atoms with E-state index in [2.05, 4.69) is 4.98 Å². The van der Waals surface area contributed by atoms with Crippen LogP contribution in [0, 0.1) is 0 Å². The molecule has 0 aliphatic rings. The van der Waals surface area contributed by atoms with Crippen LogP contribution >= 0.6 is 0 Å². The van der Waals surface area contributed by atoms with Crippen LogP contribution in [0.3, 0.4) is 0 Å². The Morgan fingerprint density at radius 2 is 1.95 bits per heavy atom. The number of hydrogen-bond acceptors (Lipinski definition) is 4. The highest BCUT2D eigenvalue weighted by Crippen LogP contribution is 2.30. The first-order valence-corrected chi connectivity index (χ1v) is 6.26. The molecule has 20 heavy (non-hydrogen) atoms. The SMILES string of the molecule is COC(=O)C(c1ccccc1)c1cccc2ocnc12. The summed E-state index contributed by atoms with van der Waals surface area (Å²) in [6.45, 7) is 0. The van der Waals surface area contributed by atoms with Crippen LogP contribution in [0.2, 0.25) is 0 Å². The molecule has 0 bridgehead atoms. The van der Waals surface area contributed by atoms with E-state index in [-0.39, 0.29) is 5.97 Å². The molecule has 4 heteroatoms. The minimum atomic E-state index is -0.505. The lowest BCUT2D eigenvalue weighted by atomic mass is 9.90. The number of methoxy groups -OCH3 is 1. The van der Waals surface area contributed by atoms with Crippen molar-refractivity contribution in [1.29, 1.82) is 0 Å². The number of fused-ring (bicyclic) bond motifs is 1. The third-order valence-corrected chi connectivity index (χ3v) is 3.27. The van der Waals surface area contributed by atoms with Crippen LogP contribution in [0.25, 0.3) is 11.1 Å². The second kappa shape index (κ2) is 5.17. The summed E-state index contributed by atoms with van der Waals surface area (Å²) < 4.78 is 10.2. The van der Waals surface area contributed by atoms with Crippen LogP contribution in [0.15, 0.2) is 59.3 Å². The lowest BCUT2D eigenvalue weighted by Gasteiger charge is -2.15. The van der Waals surface area contributed by atoms with E-state index in [0.717, 1.165) is 11.1 Å². The summed E-state index contributed by atoms with van der Waals surface area (Å²) in [5.41, 5.74) is 3.00. The van der Waals surface area contributed by atoms with E-state index in [1.807, 2.05) is 48.5 Å². The predicted molar refractivity (Wildman–Crippen MR) is 74.3 cm³/mol. The van der Waals surface area contributed by atoms with Crippen molar-refractivity contribution in [3.63, 3.8) is 0 Å². The Morgan fingerprint density at radius 1 is 1.15 bits per heavy atom. The van der Waals surface area contributed by atoms with Gasteiger partial charge in [0, 0.05) is 5.56 Å². The van der Waals surface area contributed by atoms with Crippen LogP contribution in [-0.2, 0) is 9.53 Å². The van der Waals surface area contributed by atoms with Gasteiger partial charge in [-0.2, -0.15) is 0 Å². The molecule has 0 saturated carbocycles. The zero-order valence-corrected chi connectivity index (χ0v) is 10.9. The normalized spacial score (nSPS) is 12.2.